The predicted molar refractivity (Wildman–Crippen MR) is 109 cm³/mol. The molecule has 0 spiro atoms. The Kier molecular flexibility index (Phi) is 5.17. The number of piperazine rings is 1. The summed E-state index contributed by atoms with van der Waals surface area (Å²) in [6.07, 6.45) is 3.19. The molecular formula is C20H25N5O3S. The molecule has 1 aliphatic carbocycles. The summed E-state index contributed by atoms with van der Waals surface area (Å²) in [4.78, 5) is 29.1. The number of carbonyl (C=O) groups excluding carboxylic acids is 1. The normalized spacial score (nSPS) is 19.9. The summed E-state index contributed by atoms with van der Waals surface area (Å²) in [5.41, 5.74) is 2.56. The summed E-state index contributed by atoms with van der Waals surface area (Å²) < 4.78 is 6.91. The van der Waals surface area contributed by atoms with Crippen molar-refractivity contribution in [3.63, 3.8) is 0 Å². The van der Waals surface area contributed by atoms with Crippen molar-refractivity contribution < 1.29 is 9.32 Å². The molecule has 1 saturated carbocycles. The molecule has 0 radical (unpaired) electrons. The van der Waals surface area contributed by atoms with E-state index < -0.39 is 0 Å². The number of hydrogen-bond acceptors (Lipinski definition) is 7. The van der Waals surface area contributed by atoms with Crippen molar-refractivity contribution in [3.05, 3.63) is 45.2 Å². The molecule has 2 fully saturated rings. The molecule has 3 aliphatic rings. The van der Waals surface area contributed by atoms with Gasteiger partial charge in [-0.3, -0.25) is 14.5 Å². The number of hydrogen-bond donors (Lipinski definition) is 0. The third kappa shape index (κ3) is 4.11. The van der Waals surface area contributed by atoms with E-state index in [1.54, 1.807) is 16.8 Å². The number of nitrogens with zero attached hydrogens (tertiary/aromatic N) is 5. The second kappa shape index (κ2) is 7.95. The molecule has 8 nitrogen and oxygen atoms in total. The summed E-state index contributed by atoms with van der Waals surface area (Å²) in [6.45, 7) is 4.24. The van der Waals surface area contributed by atoms with E-state index in [2.05, 4.69) is 15.2 Å². The zero-order valence-corrected chi connectivity index (χ0v) is 17.2. The highest BCUT2D eigenvalue weighted by atomic mass is 32.2. The predicted octanol–water partition coefficient (Wildman–Crippen LogP) is 1.36. The Balaban J connectivity index is 1.14. The van der Waals surface area contributed by atoms with Crippen LogP contribution in [0.4, 0.5) is 0 Å². The standard InChI is InChI=1S/C20H25N5O3S/c26-19-11-15-13-29-10-3-16(15)21-25(19)9-6-23-4-7-24(8-5-23)20(27)17-12-18(28-22-17)14-1-2-14/h11-12,14H,1-10,13H2. The van der Waals surface area contributed by atoms with Crippen LogP contribution in [-0.4, -0.2) is 69.1 Å². The van der Waals surface area contributed by atoms with Crippen molar-refractivity contribution in [1.29, 1.82) is 0 Å². The number of amides is 1. The van der Waals surface area contributed by atoms with Gasteiger partial charge in [0.25, 0.3) is 11.5 Å². The largest absolute Gasteiger partial charge is 0.360 e. The van der Waals surface area contributed by atoms with Gasteiger partial charge in [-0.1, -0.05) is 5.16 Å². The zero-order valence-electron chi connectivity index (χ0n) is 16.4. The number of thioether (sulfide) groups is 1. The molecule has 2 aromatic heterocycles. The van der Waals surface area contributed by atoms with Crippen LogP contribution in [0.15, 0.2) is 21.5 Å². The topological polar surface area (TPSA) is 84.5 Å². The van der Waals surface area contributed by atoms with Crippen LogP contribution < -0.4 is 5.56 Å². The lowest BCUT2D eigenvalue weighted by atomic mass is 10.2. The Labute approximate surface area is 173 Å². The average Bonchev–Trinajstić information content (AvgIpc) is 3.49. The molecule has 4 heterocycles. The number of fused-ring (bicyclic) bond motifs is 1. The quantitative estimate of drug-likeness (QED) is 0.729. The minimum Gasteiger partial charge on any atom is -0.360 e. The SMILES string of the molecule is O=C(c1cc(C2CC2)on1)N1CCN(CCn2nc3c(cc2=O)CSCC3)CC1. The molecule has 5 rings (SSSR count). The highest BCUT2D eigenvalue weighted by molar-refractivity contribution is 7.98. The van der Waals surface area contributed by atoms with Gasteiger partial charge in [0.05, 0.1) is 12.2 Å². The van der Waals surface area contributed by atoms with Gasteiger partial charge in [0, 0.05) is 62.9 Å². The fraction of sp³-hybridized carbons (Fsp3) is 0.600. The molecule has 2 aromatic rings. The molecule has 1 amide bonds. The number of carbonyl (C=O) groups is 1. The van der Waals surface area contributed by atoms with E-state index in [1.807, 2.05) is 16.7 Å². The molecule has 1 saturated heterocycles. The van der Waals surface area contributed by atoms with E-state index in [4.69, 9.17) is 4.52 Å². The monoisotopic (exact) mass is 415 g/mol. The maximum Gasteiger partial charge on any atom is 0.276 e. The van der Waals surface area contributed by atoms with E-state index in [9.17, 15) is 9.59 Å². The van der Waals surface area contributed by atoms with E-state index in [-0.39, 0.29) is 11.5 Å². The first-order valence-corrected chi connectivity index (χ1v) is 11.5. The van der Waals surface area contributed by atoms with Crippen molar-refractivity contribution in [2.75, 3.05) is 38.5 Å². The van der Waals surface area contributed by atoms with Gasteiger partial charge in [-0.2, -0.15) is 16.9 Å². The molecule has 29 heavy (non-hydrogen) atoms. The smallest absolute Gasteiger partial charge is 0.276 e. The Morgan fingerprint density at radius 2 is 2.00 bits per heavy atom. The molecule has 2 aliphatic heterocycles. The fourth-order valence-electron chi connectivity index (χ4n) is 3.94. The lowest BCUT2D eigenvalue weighted by molar-refractivity contribution is 0.0621. The van der Waals surface area contributed by atoms with Gasteiger partial charge in [-0.15, -0.1) is 0 Å². The molecule has 0 unspecified atom stereocenters. The van der Waals surface area contributed by atoms with Gasteiger partial charge in [0.1, 0.15) is 5.76 Å². The maximum absolute atomic E-state index is 12.7. The van der Waals surface area contributed by atoms with Crippen LogP contribution in [0.5, 0.6) is 0 Å². The van der Waals surface area contributed by atoms with Crippen molar-refractivity contribution in [2.24, 2.45) is 0 Å². The zero-order chi connectivity index (χ0) is 19.8. The molecule has 0 atom stereocenters. The minimum atomic E-state index is -0.0502. The molecule has 9 heteroatoms. The fourth-order valence-corrected chi connectivity index (χ4v) is 4.89. The second-order valence-electron chi connectivity index (χ2n) is 8.00. The third-order valence-electron chi connectivity index (χ3n) is 5.92. The van der Waals surface area contributed by atoms with Crippen LogP contribution in [0.3, 0.4) is 0 Å². The molecule has 154 valence electrons. The van der Waals surface area contributed by atoms with Crippen molar-refractivity contribution in [1.82, 2.24) is 24.7 Å². The first-order chi connectivity index (χ1) is 14.2. The molecule has 0 aromatic carbocycles. The Hall–Kier alpha value is -2.13. The average molecular weight is 416 g/mol. The molecular weight excluding hydrogens is 390 g/mol. The number of aryl methyl sites for hydroxylation is 1. The summed E-state index contributed by atoms with van der Waals surface area (Å²) in [5.74, 6) is 3.21. The van der Waals surface area contributed by atoms with E-state index in [0.717, 1.165) is 67.4 Å². The van der Waals surface area contributed by atoms with Gasteiger partial charge < -0.3 is 9.42 Å². The minimum absolute atomic E-state index is 0.0161. The van der Waals surface area contributed by atoms with Crippen LogP contribution >= 0.6 is 11.8 Å². The molecule has 0 N–H and O–H groups in total. The van der Waals surface area contributed by atoms with Crippen molar-refractivity contribution >= 4 is 17.7 Å². The highest BCUT2D eigenvalue weighted by Gasteiger charge is 2.30. The first-order valence-electron chi connectivity index (χ1n) is 10.3. The van der Waals surface area contributed by atoms with Crippen LogP contribution in [-0.2, 0) is 18.7 Å². The van der Waals surface area contributed by atoms with Gasteiger partial charge in [0.15, 0.2) is 5.69 Å². The van der Waals surface area contributed by atoms with Gasteiger partial charge in [-0.25, -0.2) is 4.68 Å². The summed E-state index contributed by atoms with van der Waals surface area (Å²) in [5, 5.41) is 8.55. The van der Waals surface area contributed by atoms with Crippen LogP contribution in [0, 0.1) is 0 Å². The number of aromatic nitrogens is 3. The van der Waals surface area contributed by atoms with Gasteiger partial charge in [-0.05, 0) is 24.2 Å². The summed E-state index contributed by atoms with van der Waals surface area (Å²) in [7, 11) is 0. The Morgan fingerprint density at radius 3 is 2.79 bits per heavy atom. The van der Waals surface area contributed by atoms with Crippen molar-refractivity contribution in [2.45, 2.75) is 37.5 Å². The van der Waals surface area contributed by atoms with Crippen LogP contribution in [0.25, 0.3) is 0 Å². The van der Waals surface area contributed by atoms with Crippen LogP contribution in [0.2, 0.25) is 0 Å². The van der Waals surface area contributed by atoms with Gasteiger partial charge >= 0.3 is 0 Å². The van der Waals surface area contributed by atoms with E-state index in [1.165, 1.54) is 0 Å². The van der Waals surface area contributed by atoms with Crippen molar-refractivity contribution in [3.8, 4) is 0 Å². The second-order valence-corrected chi connectivity index (χ2v) is 9.11. The van der Waals surface area contributed by atoms with E-state index in [0.29, 0.717) is 31.2 Å². The lowest BCUT2D eigenvalue weighted by Gasteiger charge is -2.34. The maximum atomic E-state index is 12.7. The van der Waals surface area contributed by atoms with E-state index >= 15 is 0 Å². The summed E-state index contributed by atoms with van der Waals surface area (Å²) in [6, 6.07) is 3.55. The Morgan fingerprint density at radius 1 is 1.17 bits per heavy atom. The highest BCUT2D eigenvalue weighted by Crippen LogP contribution is 2.40. The third-order valence-corrected chi connectivity index (χ3v) is 6.93. The number of rotatable bonds is 5. The first kappa shape index (κ1) is 18.9. The lowest BCUT2D eigenvalue weighted by Crippen LogP contribution is -2.49. The summed E-state index contributed by atoms with van der Waals surface area (Å²) >= 11 is 1.86. The van der Waals surface area contributed by atoms with Gasteiger partial charge in [0.2, 0.25) is 0 Å². The molecule has 0 bridgehead atoms. The Bertz CT molecular complexity index is 959. The van der Waals surface area contributed by atoms with Crippen LogP contribution in [0.1, 0.15) is 46.3 Å².